The van der Waals surface area contributed by atoms with Crippen LogP contribution in [0.15, 0.2) is 12.3 Å². The minimum Gasteiger partial charge on any atom is -0.370 e. The topological polar surface area (TPSA) is 73.8 Å². The van der Waals surface area contributed by atoms with E-state index in [1.54, 1.807) is 0 Å². The number of pyridine rings is 1. The van der Waals surface area contributed by atoms with Gasteiger partial charge in [-0.1, -0.05) is 0 Å². The molecule has 2 rings (SSSR count). The van der Waals surface area contributed by atoms with Crippen molar-refractivity contribution in [3.05, 3.63) is 23.7 Å². The van der Waals surface area contributed by atoms with Gasteiger partial charge in [-0.2, -0.15) is 0 Å². The van der Waals surface area contributed by atoms with E-state index >= 15 is 0 Å². The maximum atomic E-state index is 10.8. The lowest BCUT2D eigenvalue weighted by molar-refractivity contribution is -0.118. The second kappa shape index (κ2) is 6.70. The summed E-state index contributed by atoms with van der Waals surface area (Å²) in [5.41, 5.74) is 8.03. The van der Waals surface area contributed by atoms with Crippen molar-refractivity contribution >= 4 is 28.7 Å². The van der Waals surface area contributed by atoms with Crippen LogP contribution in [-0.4, -0.2) is 26.3 Å². The maximum Gasteiger partial charge on any atom is 0.217 e. The Bertz CT molecular complexity index is 608. The van der Waals surface area contributed by atoms with Crippen molar-refractivity contribution in [2.45, 2.75) is 39.2 Å². The third kappa shape index (κ3) is 3.48. The van der Waals surface area contributed by atoms with E-state index < -0.39 is 0 Å². The normalized spacial score (nSPS) is 11.1. The Labute approximate surface area is 123 Å². The number of alkyl halides is 1. The number of hydrogen-bond acceptors (Lipinski definition) is 3. The molecule has 2 N–H and O–H groups in total. The van der Waals surface area contributed by atoms with Crippen LogP contribution < -0.4 is 5.73 Å². The standard InChI is InChI=1S/C14H19ClN4O/c1-10-8-11-14(17-9-10)19(13(18-11)5-6-15)7-3-2-4-12(16)20/h8-9H,2-7H2,1H3,(H2,16,20). The second-order valence-corrected chi connectivity index (χ2v) is 5.28. The molecule has 108 valence electrons. The van der Waals surface area contributed by atoms with Gasteiger partial charge in [0.1, 0.15) is 11.3 Å². The molecule has 5 nitrogen and oxygen atoms in total. The van der Waals surface area contributed by atoms with Crippen LogP contribution in [0.3, 0.4) is 0 Å². The molecule has 0 aliphatic rings. The molecular weight excluding hydrogens is 276 g/mol. The van der Waals surface area contributed by atoms with Gasteiger partial charge in [0.15, 0.2) is 5.65 Å². The van der Waals surface area contributed by atoms with Crippen LogP contribution in [0.1, 0.15) is 30.7 Å². The van der Waals surface area contributed by atoms with Gasteiger partial charge in [0, 0.05) is 31.5 Å². The number of nitrogens with two attached hydrogens (primary N) is 1. The van der Waals surface area contributed by atoms with Crippen molar-refractivity contribution in [2.75, 3.05) is 5.88 Å². The summed E-state index contributed by atoms with van der Waals surface area (Å²) in [6, 6.07) is 2.03. The summed E-state index contributed by atoms with van der Waals surface area (Å²) in [4.78, 5) is 19.8. The summed E-state index contributed by atoms with van der Waals surface area (Å²) in [6.45, 7) is 2.78. The zero-order valence-corrected chi connectivity index (χ0v) is 12.4. The average molecular weight is 295 g/mol. The monoisotopic (exact) mass is 294 g/mol. The molecule has 1 amide bonds. The Hall–Kier alpha value is -1.62. The summed E-state index contributed by atoms with van der Waals surface area (Å²) in [7, 11) is 0. The van der Waals surface area contributed by atoms with Gasteiger partial charge >= 0.3 is 0 Å². The van der Waals surface area contributed by atoms with Crippen LogP contribution in [0.25, 0.3) is 11.2 Å². The molecule has 2 heterocycles. The molecule has 20 heavy (non-hydrogen) atoms. The first-order valence-electron chi connectivity index (χ1n) is 6.78. The average Bonchev–Trinajstić information content (AvgIpc) is 2.72. The second-order valence-electron chi connectivity index (χ2n) is 4.90. The number of halogens is 1. The van der Waals surface area contributed by atoms with Crippen molar-refractivity contribution in [3.8, 4) is 0 Å². The predicted octanol–water partition coefficient (Wildman–Crippen LogP) is 2.18. The van der Waals surface area contributed by atoms with Crippen molar-refractivity contribution < 1.29 is 4.79 Å². The number of imidazole rings is 1. The highest BCUT2D eigenvalue weighted by Crippen LogP contribution is 2.17. The third-order valence-corrected chi connectivity index (χ3v) is 3.36. The molecule has 0 aliphatic heterocycles. The van der Waals surface area contributed by atoms with E-state index in [1.165, 1.54) is 0 Å². The quantitative estimate of drug-likeness (QED) is 0.628. The number of nitrogens with zero attached hydrogens (tertiary/aromatic N) is 3. The van der Waals surface area contributed by atoms with Crippen molar-refractivity contribution in [1.29, 1.82) is 0 Å². The lowest BCUT2D eigenvalue weighted by Crippen LogP contribution is -2.11. The number of carbonyl (C=O) groups excluding carboxylic acids is 1. The highest BCUT2D eigenvalue weighted by molar-refractivity contribution is 6.17. The van der Waals surface area contributed by atoms with E-state index in [1.807, 2.05) is 19.2 Å². The van der Waals surface area contributed by atoms with Crippen LogP contribution in [0, 0.1) is 6.92 Å². The Morgan fingerprint density at radius 2 is 2.25 bits per heavy atom. The molecule has 0 saturated heterocycles. The molecule has 0 saturated carbocycles. The number of carbonyl (C=O) groups is 1. The molecule has 2 aromatic rings. The Balaban J connectivity index is 2.19. The summed E-state index contributed by atoms with van der Waals surface area (Å²) >= 11 is 5.83. The summed E-state index contributed by atoms with van der Waals surface area (Å²) in [6.07, 6.45) is 4.63. The first kappa shape index (κ1) is 14.8. The predicted molar refractivity (Wildman–Crippen MR) is 79.7 cm³/mol. The number of primary amides is 1. The fourth-order valence-corrected chi connectivity index (χ4v) is 2.41. The molecule has 0 fully saturated rings. The number of aryl methyl sites for hydroxylation is 3. The number of fused-ring (bicyclic) bond motifs is 1. The van der Waals surface area contributed by atoms with E-state index in [4.69, 9.17) is 17.3 Å². The van der Waals surface area contributed by atoms with E-state index in [0.29, 0.717) is 18.7 Å². The summed E-state index contributed by atoms with van der Waals surface area (Å²) in [5, 5.41) is 0. The Kier molecular flexibility index (Phi) is 4.95. The van der Waals surface area contributed by atoms with Gasteiger partial charge < -0.3 is 10.3 Å². The van der Waals surface area contributed by atoms with Gasteiger partial charge in [0.05, 0.1) is 0 Å². The van der Waals surface area contributed by atoms with Crippen molar-refractivity contribution in [3.63, 3.8) is 0 Å². The highest BCUT2D eigenvalue weighted by Gasteiger charge is 2.11. The van der Waals surface area contributed by atoms with E-state index in [9.17, 15) is 4.79 Å². The molecule has 0 unspecified atom stereocenters. The number of hydrogen-bond donors (Lipinski definition) is 1. The lowest BCUT2D eigenvalue weighted by Gasteiger charge is -2.07. The Morgan fingerprint density at radius 1 is 1.45 bits per heavy atom. The molecule has 0 atom stereocenters. The highest BCUT2D eigenvalue weighted by atomic mass is 35.5. The molecule has 2 aromatic heterocycles. The first-order chi connectivity index (χ1) is 9.61. The molecule has 6 heteroatoms. The number of rotatable bonds is 7. The summed E-state index contributed by atoms with van der Waals surface area (Å²) < 4.78 is 2.10. The molecular formula is C14H19ClN4O. The van der Waals surface area contributed by atoms with Gasteiger partial charge in [-0.25, -0.2) is 9.97 Å². The van der Waals surface area contributed by atoms with Crippen LogP contribution in [0.2, 0.25) is 0 Å². The third-order valence-electron chi connectivity index (χ3n) is 3.17. The van der Waals surface area contributed by atoms with E-state index in [2.05, 4.69) is 14.5 Å². The van der Waals surface area contributed by atoms with Crippen LogP contribution in [-0.2, 0) is 17.8 Å². The molecule has 0 bridgehead atoms. The maximum absolute atomic E-state index is 10.8. The van der Waals surface area contributed by atoms with Crippen LogP contribution >= 0.6 is 11.6 Å². The van der Waals surface area contributed by atoms with Crippen LogP contribution in [0.5, 0.6) is 0 Å². The first-order valence-corrected chi connectivity index (χ1v) is 7.31. The van der Waals surface area contributed by atoms with E-state index in [0.717, 1.165) is 41.9 Å². The zero-order valence-electron chi connectivity index (χ0n) is 11.6. The van der Waals surface area contributed by atoms with Gasteiger partial charge in [-0.15, -0.1) is 11.6 Å². The zero-order chi connectivity index (χ0) is 14.5. The molecule has 0 aromatic carbocycles. The van der Waals surface area contributed by atoms with Crippen LogP contribution in [0.4, 0.5) is 0 Å². The lowest BCUT2D eigenvalue weighted by atomic mass is 10.2. The minimum atomic E-state index is -0.254. The van der Waals surface area contributed by atoms with Gasteiger partial charge in [-0.3, -0.25) is 4.79 Å². The molecule has 0 radical (unpaired) electrons. The minimum absolute atomic E-state index is 0.254. The summed E-state index contributed by atoms with van der Waals surface area (Å²) in [5.74, 6) is 1.23. The van der Waals surface area contributed by atoms with Gasteiger partial charge in [-0.05, 0) is 31.4 Å². The number of amides is 1. The molecule has 0 spiro atoms. The number of aromatic nitrogens is 3. The molecule has 0 aliphatic carbocycles. The smallest absolute Gasteiger partial charge is 0.217 e. The van der Waals surface area contributed by atoms with Crippen molar-refractivity contribution in [2.24, 2.45) is 5.73 Å². The fraction of sp³-hybridized carbons (Fsp3) is 0.500. The largest absolute Gasteiger partial charge is 0.370 e. The van der Waals surface area contributed by atoms with Crippen molar-refractivity contribution in [1.82, 2.24) is 14.5 Å². The SMILES string of the molecule is Cc1cnc2c(c1)nc(CCCl)n2CCCCC(N)=O. The Morgan fingerprint density at radius 3 is 2.95 bits per heavy atom. The van der Waals surface area contributed by atoms with Gasteiger partial charge in [0.2, 0.25) is 5.91 Å². The number of unbranched alkanes of at least 4 members (excludes halogenated alkanes) is 1. The van der Waals surface area contributed by atoms with E-state index in [-0.39, 0.29) is 5.91 Å². The van der Waals surface area contributed by atoms with Gasteiger partial charge in [0.25, 0.3) is 0 Å². The fourth-order valence-electron chi connectivity index (χ4n) is 2.24.